The largest absolute Gasteiger partial charge is 0.493 e. The van der Waals surface area contributed by atoms with E-state index in [9.17, 15) is 4.79 Å². The number of rotatable bonds is 9. The molecule has 164 valence electrons. The van der Waals surface area contributed by atoms with E-state index in [1.165, 1.54) is 5.56 Å². The molecule has 2 aromatic carbocycles. The fraction of sp³-hybridized carbons (Fsp3) is 0.417. The average Bonchev–Trinajstić information content (AvgIpc) is 3.24. The van der Waals surface area contributed by atoms with Crippen molar-refractivity contribution < 1.29 is 14.3 Å². The Labute approximate surface area is 187 Å². The van der Waals surface area contributed by atoms with Crippen molar-refractivity contribution in [1.29, 1.82) is 0 Å². The van der Waals surface area contributed by atoms with Crippen molar-refractivity contribution in [1.82, 2.24) is 9.88 Å². The van der Waals surface area contributed by atoms with E-state index in [-0.39, 0.29) is 5.91 Å². The second-order valence-corrected chi connectivity index (χ2v) is 8.53. The number of thiazole rings is 1. The van der Waals surface area contributed by atoms with Crippen molar-refractivity contribution in [2.75, 3.05) is 50.9 Å². The summed E-state index contributed by atoms with van der Waals surface area (Å²) in [4.78, 5) is 22.3. The molecule has 1 saturated heterocycles. The number of amides is 1. The first-order valence-corrected chi connectivity index (χ1v) is 11.7. The van der Waals surface area contributed by atoms with E-state index < -0.39 is 0 Å². The van der Waals surface area contributed by atoms with Gasteiger partial charge in [-0.2, -0.15) is 0 Å². The molecule has 0 N–H and O–H groups in total. The van der Waals surface area contributed by atoms with Crippen LogP contribution in [0.15, 0.2) is 48.5 Å². The van der Waals surface area contributed by atoms with Gasteiger partial charge in [-0.05, 0) is 30.2 Å². The molecular formula is C24H29N3O3S. The van der Waals surface area contributed by atoms with Crippen LogP contribution in [0.3, 0.4) is 0 Å². The average molecular weight is 440 g/mol. The Morgan fingerprint density at radius 3 is 2.74 bits per heavy atom. The highest BCUT2D eigenvalue weighted by Gasteiger charge is 2.22. The molecule has 7 heteroatoms. The molecule has 6 nitrogen and oxygen atoms in total. The Hall–Kier alpha value is -2.48. The summed E-state index contributed by atoms with van der Waals surface area (Å²) >= 11 is 1.59. The van der Waals surface area contributed by atoms with Crippen molar-refractivity contribution in [3.05, 3.63) is 54.1 Å². The van der Waals surface area contributed by atoms with Crippen LogP contribution in [-0.4, -0.2) is 61.8 Å². The van der Waals surface area contributed by atoms with Gasteiger partial charge in [-0.15, -0.1) is 0 Å². The Morgan fingerprint density at radius 2 is 1.97 bits per heavy atom. The van der Waals surface area contributed by atoms with E-state index in [4.69, 9.17) is 14.5 Å². The van der Waals surface area contributed by atoms with Gasteiger partial charge < -0.3 is 9.47 Å². The van der Waals surface area contributed by atoms with Crippen LogP contribution in [0.2, 0.25) is 0 Å². The van der Waals surface area contributed by atoms with Crippen molar-refractivity contribution in [3.8, 4) is 5.75 Å². The number of carbonyl (C=O) groups is 1. The number of anilines is 1. The summed E-state index contributed by atoms with van der Waals surface area (Å²) in [5.41, 5.74) is 2.22. The fourth-order valence-corrected chi connectivity index (χ4v) is 4.75. The molecule has 0 spiro atoms. The van der Waals surface area contributed by atoms with E-state index in [2.05, 4.69) is 30.0 Å². The van der Waals surface area contributed by atoms with Crippen LogP contribution in [0.1, 0.15) is 18.9 Å². The van der Waals surface area contributed by atoms with E-state index in [1.807, 2.05) is 35.2 Å². The molecule has 0 bridgehead atoms. The lowest BCUT2D eigenvalue weighted by molar-refractivity contribution is -0.119. The molecule has 4 rings (SSSR count). The van der Waals surface area contributed by atoms with Crippen molar-refractivity contribution >= 4 is 32.6 Å². The van der Waals surface area contributed by atoms with Gasteiger partial charge in [-0.1, -0.05) is 48.6 Å². The van der Waals surface area contributed by atoms with Gasteiger partial charge in [0.2, 0.25) is 5.91 Å². The summed E-state index contributed by atoms with van der Waals surface area (Å²) in [5.74, 6) is 0.823. The highest BCUT2D eigenvalue weighted by Crippen LogP contribution is 2.31. The predicted molar refractivity (Wildman–Crippen MR) is 125 cm³/mol. The maximum atomic E-state index is 13.2. The SMILES string of the molecule is CCc1cccc2sc(N(CCN3CCOCC3)C(=O)CCOc3ccccc3)nc12. The number of benzene rings is 2. The van der Waals surface area contributed by atoms with Crippen molar-refractivity contribution in [3.63, 3.8) is 0 Å². The number of nitrogens with zero attached hydrogens (tertiary/aromatic N) is 3. The maximum Gasteiger partial charge on any atom is 0.232 e. The highest BCUT2D eigenvalue weighted by atomic mass is 32.1. The number of ether oxygens (including phenoxy) is 2. The van der Waals surface area contributed by atoms with Crippen LogP contribution in [0, 0.1) is 0 Å². The van der Waals surface area contributed by atoms with Crippen molar-refractivity contribution in [2.45, 2.75) is 19.8 Å². The molecule has 0 aliphatic carbocycles. The second kappa shape index (κ2) is 10.7. The Bertz CT molecular complexity index is 986. The molecule has 1 fully saturated rings. The van der Waals surface area contributed by atoms with Gasteiger partial charge in [0.1, 0.15) is 5.75 Å². The topological polar surface area (TPSA) is 54.9 Å². The number of aryl methyl sites for hydroxylation is 1. The molecule has 0 saturated carbocycles. The van der Waals surface area contributed by atoms with Crippen LogP contribution in [0.4, 0.5) is 5.13 Å². The summed E-state index contributed by atoms with van der Waals surface area (Å²) in [6.45, 7) is 7.21. The van der Waals surface area contributed by atoms with Gasteiger partial charge in [0, 0.05) is 26.2 Å². The zero-order valence-electron chi connectivity index (χ0n) is 18.0. The first-order chi connectivity index (χ1) is 15.2. The van der Waals surface area contributed by atoms with E-state index in [0.29, 0.717) is 19.6 Å². The summed E-state index contributed by atoms with van der Waals surface area (Å²) in [5, 5.41) is 0.772. The standard InChI is InChI=1S/C24H29N3O3S/c1-2-19-7-6-10-21-23(19)25-24(31-21)27(13-12-26-14-17-29-18-15-26)22(28)11-16-30-20-8-4-3-5-9-20/h3-10H,2,11-18H2,1H3. The molecule has 1 amide bonds. The van der Waals surface area contributed by atoms with Crippen LogP contribution >= 0.6 is 11.3 Å². The minimum Gasteiger partial charge on any atom is -0.493 e. The monoisotopic (exact) mass is 439 g/mol. The van der Waals surface area contributed by atoms with Crippen LogP contribution in [0.25, 0.3) is 10.2 Å². The lowest BCUT2D eigenvalue weighted by Crippen LogP contribution is -2.43. The van der Waals surface area contributed by atoms with Gasteiger partial charge in [0.05, 0.1) is 36.5 Å². The smallest absolute Gasteiger partial charge is 0.232 e. The number of carbonyl (C=O) groups excluding carboxylic acids is 1. The molecule has 1 aromatic heterocycles. The van der Waals surface area contributed by atoms with Gasteiger partial charge in [-0.25, -0.2) is 4.98 Å². The third kappa shape index (κ3) is 5.61. The predicted octanol–water partition coefficient (Wildman–Crippen LogP) is 3.99. The summed E-state index contributed by atoms with van der Waals surface area (Å²) in [7, 11) is 0. The summed E-state index contributed by atoms with van der Waals surface area (Å²) in [6, 6.07) is 15.9. The Kier molecular flexibility index (Phi) is 7.51. The number of fused-ring (bicyclic) bond motifs is 1. The van der Waals surface area contributed by atoms with Crippen LogP contribution < -0.4 is 9.64 Å². The van der Waals surface area contributed by atoms with E-state index in [0.717, 1.165) is 60.4 Å². The van der Waals surface area contributed by atoms with Gasteiger partial charge in [0.15, 0.2) is 5.13 Å². The normalized spacial score (nSPS) is 14.6. The molecule has 0 unspecified atom stereocenters. The molecule has 1 aliphatic heterocycles. The second-order valence-electron chi connectivity index (χ2n) is 7.52. The molecule has 3 aromatic rings. The van der Waals surface area contributed by atoms with Crippen molar-refractivity contribution in [2.24, 2.45) is 0 Å². The zero-order chi connectivity index (χ0) is 21.5. The Morgan fingerprint density at radius 1 is 1.16 bits per heavy atom. The number of hydrogen-bond acceptors (Lipinski definition) is 6. The molecule has 1 aliphatic rings. The van der Waals surface area contributed by atoms with Gasteiger partial charge in [0.25, 0.3) is 0 Å². The maximum absolute atomic E-state index is 13.2. The molecule has 0 radical (unpaired) electrons. The van der Waals surface area contributed by atoms with Gasteiger partial charge >= 0.3 is 0 Å². The third-order valence-electron chi connectivity index (χ3n) is 5.48. The first kappa shape index (κ1) is 21.7. The van der Waals surface area contributed by atoms with Gasteiger partial charge in [-0.3, -0.25) is 14.6 Å². The lowest BCUT2D eigenvalue weighted by Gasteiger charge is -2.29. The zero-order valence-corrected chi connectivity index (χ0v) is 18.8. The lowest BCUT2D eigenvalue weighted by atomic mass is 10.1. The number of para-hydroxylation sites is 2. The molecular weight excluding hydrogens is 410 g/mol. The number of hydrogen-bond donors (Lipinski definition) is 0. The minimum atomic E-state index is 0.0429. The number of morpholine rings is 1. The Balaban J connectivity index is 1.48. The number of aromatic nitrogens is 1. The summed E-state index contributed by atoms with van der Waals surface area (Å²) in [6.07, 6.45) is 1.24. The summed E-state index contributed by atoms with van der Waals surface area (Å²) < 4.78 is 12.3. The van der Waals surface area contributed by atoms with Crippen LogP contribution in [0.5, 0.6) is 5.75 Å². The minimum absolute atomic E-state index is 0.0429. The highest BCUT2D eigenvalue weighted by molar-refractivity contribution is 7.22. The molecule has 2 heterocycles. The fourth-order valence-electron chi connectivity index (χ4n) is 3.70. The molecule has 31 heavy (non-hydrogen) atoms. The van der Waals surface area contributed by atoms with E-state index >= 15 is 0 Å². The van der Waals surface area contributed by atoms with E-state index in [1.54, 1.807) is 11.3 Å². The molecule has 0 atom stereocenters. The van der Waals surface area contributed by atoms with Crippen LogP contribution in [-0.2, 0) is 16.0 Å². The quantitative estimate of drug-likeness (QED) is 0.505. The first-order valence-electron chi connectivity index (χ1n) is 10.9. The third-order valence-corrected chi connectivity index (χ3v) is 6.52.